The summed E-state index contributed by atoms with van der Waals surface area (Å²) in [5, 5.41) is 3.85. The molecule has 0 aromatic carbocycles. The summed E-state index contributed by atoms with van der Waals surface area (Å²) in [5.74, 6) is 2.13. The van der Waals surface area contributed by atoms with Crippen molar-refractivity contribution in [3.63, 3.8) is 0 Å². The molecule has 1 aromatic rings. The Morgan fingerprint density at radius 1 is 1.27 bits per heavy atom. The number of hydrogen-bond donors (Lipinski definition) is 1. The van der Waals surface area contributed by atoms with Gasteiger partial charge in [0.15, 0.2) is 5.82 Å². The number of nitrogens with two attached hydrogens (primary N) is 1. The van der Waals surface area contributed by atoms with Gasteiger partial charge in [-0.25, -0.2) is 0 Å². The Kier molecular flexibility index (Phi) is 5.81. The van der Waals surface area contributed by atoms with E-state index in [9.17, 15) is 4.79 Å². The molecule has 124 valence electrons. The Bertz CT molecular complexity index is 499. The molecule has 1 aromatic heterocycles. The van der Waals surface area contributed by atoms with E-state index in [2.05, 4.69) is 10.1 Å². The number of nitrogens with zero attached hydrogens (tertiary/aromatic N) is 3. The van der Waals surface area contributed by atoms with Gasteiger partial charge in [0.1, 0.15) is 0 Å². The third kappa shape index (κ3) is 3.79. The molecular weight excluding hydrogens is 304 g/mol. The van der Waals surface area contributed by atoms with E-state index in [0.717, 1.165) is 57.5 Å². The lowest BCUT2D eigenvalue weighted by Gasteiger charge is -2.35. The van der Waals surface area contributed by atoms with E-state index in [0.29, 0.717) is 17.6 Å². The summed E-state index contributed by atoms with van der Waals surface area (Å²) in [6, 6.07) is 0.201. The molecule has 1 amide bonds. The molecule has 6 nitrogen and oxygen atoms in total. The van der Waals surface area contributed by atoms with Crippen molar-refractivity contribution >= 4 is 18.3 Å². The molecule has 1 aliphatic carbocycles. The number of halogens is 1. The number of aromatic nitrogens is 2. The van der Waals surface area contributed by atoms with Crippen molar-refractivity contribution < 1.29 is 9.32 Å². The molecule has 22 heavy (non-hydrogen) atoms. The molecule has 1 aliphatic heterocycles. The average Bonchev–Trinajstić information content (AvgIpc) is 2.93. The summed E-state index contributed by atoms with van der Waals surface area (Å²) in [7, 11) is 0. The summed E-state index contributed by atoms with van der Waals surface area (Å²) < 4.78 is 5.25. The molecule has 0 bridgehead atoms. The van der Waals surface area contributed by atoms with Gasteiger partial charge in [0.25, 0.3) is 0 Å². The van der Waals surface area contributed by atoms with Crippen LogP contribution in [0.3, 0.4) is 0 Å². The lowest BCUT2D eigenvalue weighted by Crippen LogP contribution is -2.44. The van der Waals surface area contributed by atoms with Crippen molar-refractivity contribution in [3.8, 4) is 0 Å². The van der Waals surface area contributed by atoms with Crippen LogP contribution < -0.4 is 5.73 Å². The van der Waals surface area contributed by atoms with Gasteiger partial charge in [-0.05, 0) is 39.0 Å². The van der Waals surface area contributed by atoms with Crippen LogP contribution in [0.2, 0.25) is 0 Å². The lowest BCUT2D eigenvalue weighted by atomic mass is 9.84. The third-order valence-electron chi connectivity index (χ3n) is 4.76. The van der Waals surface area contributed by atoms with Gasteiger partial charge in [0, 0.05) is 31.0 Å². The van der Waals surface area contributed by atoms with Crippen LogP contribution >= 0.6 is 12.4 Å². The molecule has 2 atom stereocenters. The molecular formula is C15H25ClN4O2. The van der Waals surface area contributed by atoms with Gasteiger partial charge < -0.3 is 15.2 Å². The van der Waals surface area contributed by atoms with Crippen LogP contribution in [0, 0.1) is 12.8 Å². The van der Waals surface area contributed by atoms with Gasteiger partial charge in [-0.15, -0.1) is 12.4 Å². The maximum absolute atomic E-state index is 12.6. The highest BCUT2D eigenvalue weighted by molar-refractivity contribution is 5.85. The van der Waals surface area contributed by atoms with E-state index in [1.54, 1.807) is 0 Å². The van der Waals surface area contributed by atoms with Crippen LogP contribution in [0.15, 0.2) is 4.52 Å². The van der Waals surface area contributed by atoms with E-state index < -0.39 is 0 Å². The molecule has 2 fully saturated rings. The van der Waals surface area contributed by atoms with Crippen molar-refractivity contribution in [2.45, 2.75) is 57.4 Å². The SMILES string of the molecule is Cc1noc(C2CCN(C(=O)C3CCCC(N)C3)CC2)n1.Cl. The number of aryl methyl sites for hydroxylation is 1. The quantitative estimate of drug-likeness (QED) is 0.897. The highest BCUT2D eigenvalue weighted by atomic mass is 35.5. The highest BCUT2D eigenvalue weighted by Gasteiger charge is 2.32. The van der Waals surface area contributed by atoms with Gasteiger partial charge in [-0.2, -0.15) is 4.98 Å². The second kappa shape index (κ2) is 7.42. The molecule has 3 rings (SSSR count). The Labute approximate surface area is 137 Å². The maximum Gasteiger partial charge on any atom is 0.229 e. The topological polar surface area (TPSA) is 85.2 Å². The third-order valence-corrected chi connectivity index (χ3v) is 4.76. The van der Waals surface area contributed by atoms with Gasteiger partial charge in [-0.1, -0.05) is 11.6 Å². The van der Waals surface area contributed by atoms with E-state index in [1.165, 1.54) is 0 Å². The maximum atomic E-state index is 12.6. The molecule has 1 saturated carbocycles. The zero-order valence-electron chi connectivity index (χ0n) is 13.0. The van der Waals surface area contributed by atoms with Crippen LogP contribution in [0.1, 0.15) is 56.2 Å². The van der Waals surface area contributed by atoms with Crippen molar-refractivity contribution in [1.29, 1.82) is 0 Å². The monoisotopic (exact) mass is 328 g/mol. The fourth-order valence-electron chi connectivity index (χ4n) is 3.54. The van der Waals surface area contributed by atoms with Crippen molar-refractivity contribution in [2.24, 2.45) is 11.7 Å². The average molecular weight is 329 g/mol. The molecule has 2 aliphatic rings. The fourth-order valence-corrected chi connectivity index (χ4v) is 3.54. The number of rotatable bonds is 2. The number of hydrogen-bond acceptors (Lipinski definition) is 5. The first kappa shape index (κ1) is 17.2. The Morgan fingerprint density at radius 3 is 2.59 bits per heavy atom. The first-order valence-corrected chi connectivity index (χ1v) is 7.98. The molecule has 7 heteroatoms. The molecule has 2 unspecified atom stereocenters. The number of carbonyl (C=O) groups excluding carboxylic acids is 1. The van der Waals surface area contributed by atoms with Crippen molar-refractivity contribution in [1.82, 2.24) is 15.0 Å². The normalized spacial score (nSPS) is 26.5. The van der Waals surface area contributed by atoms with E-state index >= 15 is 0 Å². The van der Waals surface area contributed by atoms with Crippen LogP contribution in [0.5, 0.6) is 0 Å². The predicted molar refractivity (Wildman–Crippen MR) is 84.8 cm³/mol. The fraction of sp³-hybridized carbons (Fsp3) is 0.800. The number of likely N-dealkylation sites (tertiary alicyclic amines) is 1. The van der Waals surface area contributed by atoms with Crippen molar-refractivity contribution in [2.75, 3.05) is 13.1 Å². The van der Waals surface area contributed by atoms with Crippen LogP contribution in [0.25, 0.3) is 0 Å². The summed E-state index contributed by atoms with van der Waals surface area (Å²) >= 11 is 0. The van der Waals surface area contributed by atoms with Gasteiger partial charge in [-0.3, -0.25) is 4.79 Å². The number of carbonyl (C=O) groups is 1. The summed E-state index contributed by atoms with van der Waals surface area (Å²) in [6.45, 7) is 3.41. The van der Waals surface area contributed by atoms with Crippen LogP contribution in [-0.2, 0) is 4.79 Å². The second-order valence-electron chi connectivity index (χ2n) is 6.40. The molecule has 2 heterocycles. The minimum Gasteiger partial charge on any atom is -0.342 e. The smallest absolute Gasteiger partial charge is 0.229 e. The summed E-state index contributed by atoms with van der Waals surface area (Å²) in [6.07, 6.45) is 5.80. The summed E-state index contributed by atoms with van der Waals surface area (Å²) in [4.78, 5) is 18.9. The van der Waals surface area contributed by atoms with E-state index in [-0.39, 0.29) is 24.4 Å². The Morgan fingerprint density at radius 2 is 2.00 bits per heavy atom. The Hall–Kier alpha value is -1.14. The largest absolute Gasteiger partial charge is 0.342 e. The molecule has 2 N–H and O–H groups in total. The highest BCUT2D eigenvalue weighted by Crippen LogP contribution is 2.30. The Balaban J connectivity index is 0.00000176. The number of piperidine rings is 1. The first-order chi connectivity index (χ1) is 10.1. The van der Waals surface area contributed by atoms with E-state index in [4.69, 9.17) is 10.3 Å². The predicted octanol–water partition coefficient (Wildman–Crippen LogP) is 2.02. The minimum atomic E-state index is 0. The van der Waals surface area contributed by atoms with Gasteiger partial charge in [0.2, 0.25) is 11.8 Å². The number of amides is 1. The zero-order valence-corrected chi connectivity index (χ0v) is 13.8. The lowest BCUT2D eigenvalue weighted by molar-refractivity contribution is -0.137. The van der Waals surface area contributed by atoms with Crippen LogP contribution in [0.4, 0.5) is 0 Å². The van der Waals surface area contributed by atoms with E-state index in [1.807, 2.05) is 11.8 Å². The molecule has 1 saturated heterocycles. The van der Waals surface area contributed by atoms with Crippen LogP contribution in [-0.4, -0.2) is 40.1 Å². The minimum absolute atomic E-state index is 0. The molecule has 0 spiro atoms. The first-order valence-electron chi connectivity index (χ1n) is 7.98. The van der Waals surface area contributed by atoms with Gasteiger partial charge in [0.05, 0.1) is 0 Å². The summed E-state index contributed by atoms with van der Waals surface area (Å²) in [5.41, 5.74) is 5.99. The molecule has 0 radical (unpaired) electrons. The van der Waals surface area contributed by atoms with Crippen molar-refractivity contribution in [3.05, 3.63) is 11.7 Å². The van der Waals surface area contributed by atoms with Gasteiger partial charge >= 0.3 is 0 Å². The second-order valence-corrected chi connectivity index (χ2v) is 6.40. The zero-order chi connectivity index (χ0) is 14.8. The standard InChI is InChI=1S/C15H24N4O2.ClH/c1-10-17-14(21-18-10)11-5-7-19(8-6-11)15(20)12-3-2-4-13(16)9-12;/h11-13H,2-9,16H2,1H3;1H.